The van der Waals surface area contributed by atoms with Crippen molar-refractivity contribution in [2.45, 2.75) is 36.7 Å². The third-order valence-electron chi connectivity index (χ3n) is 3.02. The van der Waals surface area contributed by atoms with Crippen LogP contribution in [-0.2, 0) is 0 Å². The normalized spacial score (nSPS) is 12.4. The highest BCUT2D eigenvalue weighted by molar-refractivity contribution is 7.99. The summed E-state index contributed by atoms with van der Waals surface area (Å²) in [6.45, 7) is 6.69. The Balaban J connectivity index is 2.37. The molecule has 0 radical (unpaired) electrons. The van der Waals surface area contributed by atoms with Gasteiger partial charge in [-0.1, -0.05) is 18.7 Å². The molecule has 1 atom stereocenters. The Morgan fingerprint density at radius 2 is 2.15 bits per heavy atom. The van der Waals surface area contributed by atoms with Gasteiger partial charge >= 0.3 is 0 Å². The third kappa shape index (κ3) is 3.55. The summed E-state index contributed by atoms with van der Waals surface area (Å²) in [5.74, 6) is -0.173. The molecule has 2 aromatic rings. The predicted octanol–water partition coefficient (Wildman–Crippen LogP) is 3.75. The molecule has 0 bridgehead atoms. The molecule has 106 valence electrons. The first-order chi connectivity index (χ1) is 9.61. The van der Waals surface area contributed by atoms with E-state index in [0.717, 1.165) is 22.0 Å². The standard InChI is InChI=1S/C15H18FN3S/c1-4-18-11(3)12-8-13(16)10(2)7-14(12)20-15-9-17-5-6-19-15/h5-9,11,18H,4H2,1-3H3. The average molecular weight is 291 g/mol. The first-order valence-electron chi connectivity index (χ1n) is 6.59. The predicted molar refractivity (Wildman–Crippen MR) is 79.4 cm³/mol. The molecule has 20 heavy (non-hydrogen) atoms. The van der Waals surface area contributed by atoms with Crippen molar-refractivity contribution >= 4 is 11.8 Å². The number of aromatic nitrogens is 2. The van der Waals surface area contributed by atoms with Crippen LogP contribution in [0.5, 0.6) is 0 Å². The Bertz CT molecular complexity index is 575. The van der Waals surface area contributed by atoms with Crippen molar-refractivity contribution in [2.24, 2.45) is 0 Å². The Morgan fingerprint density at radius 1 is 1.35 bits per heavy atom. The van der Waals surface area contributed by atoms with Gasteiger partial charge in [-0.05, 0) is 43.7 Å². The van der Waals surface area contributed by atoms with Crippen LogP contribution in [0.2, 0.25) is 0 Å². The molecule has 2 rings (SSSR count). The van der Waals surface area contributed by atoms with Gasteiger partial charge in [-0.15, -0.1) is 0 Å². The number of rotatable bonds is 5. The highest BCUT2D eigenvalue weighted by atomic mass is 32.2. The van der Waals surface area contributed by atoms with Crippen LogP contribution in [0, 0.1) is 12.7 Å². The van der Waals surface area contributed by atoms with Gasteiger partial charge in [-0.3, -0.25) is 4.98 Å². The van der Waals surface area contributed by atoms with Gasteiger partial charge in [0.2, 0.25) is 0 Å². The van der Waals surface area contributed by atoms with Crippen molar-refractivity contribution in [1.29, 1.82) is 0 Å². The fourth-order valence-electron chi connectivity index (χ4n) is 1.96. The molecule has 3 nitrogen and oxygen atoms in total. The first-order valence-corrected chi connectivity index (χ1v) is 7.40. The largest absolute Gasteiger partial charge is 0.310 e. The van der Waals surface area contributed by atoms with E-state index >= 15 is 0 Å². The average Bonchev–Trinajstić information content (AvgIpc) is 2.44. The van der Waals surface area contributed by atoms with Crippen LogP contribution in [0.15, 0.2) is 40.6 Å². The molecule has 0 saturated heterocycles. The molecule has 0 saturated carbocycles. The van der Waals surface area contributed by atoms with E-state index < -0.39 is 0 Å². The Labute approximate surface area is 123 Å². The van der Waals surface area contributed by atoms with Crippen molar-refractivity contribution in [3.05, 3.63) is 47.7 Å². The first kappa shape index (κ1) is 14.9. The zero-order valence-corrected chi connectivity index (χ0v) is 12.7. The van der Waals surface area contributed by atoms with Crippen molar-refractivity contribution in [1.82, 2.24) is 15.3 Å². The molecule has 1 heterocycles. The van der Waals surface area contributed by atoms with E-state index in [0.29, 0.717) is 5.56 Å². The summed E-state index contributed by atoms with van der Waals surface area (Å²) in [6.07, 6.45) is 5.01. The molecular formula is C15H18FN3S. The van der Waals surface area contributed by atoms with Crippen molar-refractivity contribution in [3.63, 3.8) is 0 Å². The summed E-state index contributed by atoms with van der Waals surface area (Å²) in [6, 6.07) is 3.58. The summed E-state index contributed by atoms with van der Waals surface area (Å²) >= 11 is 1.51. The van der Waals surface area contributed by atoms with Crippen LogP contribution in [0.25, 0.3) is 0 Å². The quantitative estimate of drug-likeness (QED) is 0.910. The van der Waals surface area contributed by atoms with Gasteiger partial charge in [-0.25, -0.2) is 9.37 Å². The molecule has 1 aromatic carbocycles. The molecule has 1 unspecified atom stereocenters. The lowest BCUT2D eigenvalue weighted by atomic mass is 10.1. The molecule has 0 aliphatic rings. The van der Waals surface area contributed by atoms with E-state index in [9.17, 15) is 4.39 Å². The second-order valence-electron chi connectivity index (χ2n) is 4.56. The topological polar surface area (TPSA) is 37.8 Å². The van der Waals surface area contributed by atoms with Crippen molar-refractivity contribution < 1.29 is 4.39 Å². The van der Waals surface area contributed by atoms with Gasteiger partial charge in [0.25, 0.3) is 0 Å². The Hall–Kier alpha value is -1.46. The van der Waals surface area contributed by atoms with Crippen LogP contribution >= 0.6 is 11.8 Å². The van der Waals surface area contributed by atoms with E-state index in [4.69, 9.17) is 0 Å². The van der Waals surface area contributed by atoms with E-state index in [1.165, 1.54) is 11.8 Å². The third-order valence-corrected chi connectivity index (χ3v) is 4.02. The molecule has 0 spiro atoms. The van der Waals surface area contributed by atoms with Gasteiger partial charge in [0, 0.05) is 23.3 Å². The number of benzene rings is 1. The van der Waals surface area contributed by atoms with Crippen molar-refractivity contribution in [3.8, 4) is 0 Å². The fraction of sp³-hybridized carbons (Fsp3) is 0.333. The minimum Gasteiger partial charge on any atom is -0.310 e. The maximum atomic E-state index is 13.8. The smallest absolute Gasteiger partial charge is 0.126 e. The van der Waals surface area contributed by atoms with Crippen LogP contribution < -0.4 is 5.32 Å². The molecule has 1 aromatic heterocycles. The lowest BCUT2D eigenvalue weighted by Gasteiger charge is -2.17. The number of nitrogens with one attached hydrogen (secondary N) is 1. The zero-order valence-electron chi connectivity index (χ0n) is 11.9. The molecule has 0 aliphatic heterocycles. The van der Waals surface area contributed by atoms with Gasteiger partial charge in [0.1, 0.15) is 10.8 Å². The van der Waals surface area contributed by atoms with E-state index in [1.807, 2.05) is 19.9 Å². The summed E-state index contributed by atoms with van der Waals surface area (Å²) < 4.78 is 13.8. The number of hydrogen-bond acceptors (Lipinski definition) is 4. The highest BCUT2D eigenvalue weighted by Gasteiger charge is 2.14. The maximum absolute atomic E-state index is 13.8. The van der Waals surface area contributed by atoms with E-state index in [1.54, 1.807) is 31.6 Å². The number of hydrogen-bond donors (Lipinski definition) is 1. The summed E-state index contributed by atoms with van der Waals surface area (Å²) in [4.78, 5) is 9.33. The van der Waals surface area contributed by atoms with Gasteiger partial charge in [-0.2, -0.15) is 0 Å². The summed E-state index contributed by atoms with van der Waals surface area (Å²) in [5, 5.41) is 4.13. The lowest BCUT2D eigenvalue weighted by molar-refractivity contribution is 0.571. The van der Waals surface area contributed by atoms with Gasteiger partial charge in [0.15, 0.2) is 0 Å². The molecule has 0 amide bonds. The molecule has 5 heteroatoms. The van der Waals surface area contributed by atoms with E-state index in [-0.39, 0.29) is 11.9 Å². The fourth-order valence-corrected chi connectivity index (χ4v) is 3.01. The van der Waals surface area contributed by atoms with Crippen LogP contribution in [0.4, 0.5) is 4.39 Å². The molecule has 0 aliphatic carbocycles. The number of nitrogens with zero attached hydrogens (tertiary/aromatic N) is 2. The Morgan fingerprint density at radius 3 is 2.80 bits per heavy atom. The van der Waals surface area contributed by atoms with Crippen LogP contribution in [-0.4, -0.2) is 16.5 Å². The minimum absolute atomic E-state index is 0.0919. The molecule has 0 fully saturated rings. The van der Waals surface area contributed by atoms with Crippen LogP contribution in [0.3, 0.4) is 0 Å². The molecular weight excluding hydrogens is 273 g/mol. The van der Waals surface area contributed by atoms with Crippen LogP contribution in [0.1, 0.15) is 31.0 Å². The van der Waals surface area contributed by atoms with E-state index in [2.05, 4.69) is 15.3 Å². The molecule has 1 N–H and O–H groups in total. The maximum Gasteiger partial charge on any atom is 0.126 e. The number of aryl methyl sites for hydroxylation is 1. The second-order valence-corrected chi connectivity index (χ2v) is 5.63. The minimum atomic E-state index is -0.173. The summed E-state index contributed by atoms with van der Waals surface area (Å²) in [5.41, 5.74) is 1.59. The Kier molecular flexibility index (Phi) is 5.09. The van der Waals surface area contributed by atoms with Gasteiger partial charge in [0.05, 0.1) is 6.20 Å². The monoisotopic (exact) mass is 291 g/mol. The van der Waals surface area contributed by atoms with Gasteiger partial charge < -0.3 is 5.32 Å². The SMILES string of the molecule is CCNC(C)c1cc(F)c(C)cc1Sc1cnccn1. The zero-order chi connectivity index (χ0) is 14.5. The summed E-state index contributed by atoms with van der Waals surface area (Å²) in [7, 11) is 0. The lowest BCUT2D eigenvalue weighted by Crippen LogP contribution is -2.18. The van der Waals surface area contributed by atoms with Crippen molar-refractivity contribution in [2.75, 3.05) is 6.54 Å². The second kappa shape index (κ2) is 6.81. The number of halogens is 1. The highest BCUT2D eigenvalue weighted by Crippen LogP contribution is 2.33.